The molecule has 1 aromatic rings. The van der Waals surface area contributed by atoms with Gasteiger partial charge in [0.2, 0.25) is 0 Å². The second-order valence-corrected chi connectivity index (χ2v) is 9.64. The fourth-order valence-corrected chi connectivity index (χ4v) is 4.16. The van der Waals surface area contributed by atoms with E-state index in [0.717, 1.165) is 11.3 Å². The minimum atomic E-state index is -0.699. The summed E-state index contributed by atoms with van der Waals surface area (Å²) in [7, 11) is 5.95. The van der Waals surface area contributed by atoms with Crippen molar-refractivity contribution in [2.45, 2.75) is 57.5 Å². The lowest BCUT2D eigenvalue weighted by molar-refractivity contribution is -0.139. The Kier molecular flexibility index (Phi) is 16.6. The van der Waals surface area contributed by atoms with E-state index in [1.54, 1.807) is 20.3 Å². The summed E-state index contributed by atoms with van der Waals surface area (Å²) in [5, 5.41) is 0. The molecule has 0 aromatic heterocycles. The van der Waals surface area contributed by atoms with Crippen molar-refractivity contribution in [2.24, 2.45) is 5.92 Å². The van der Waals surface area contributed by atoms with E-state index in [1.807, 2.05) is 54.6 Å². The Balaban J connectivity index is 2.31. The molecule has 1 aliphatic carbocycles. The van der Waals surface area contributed by atoms with Crippen LogP contribution in [0.15, 0.2) is 72.4 Å². The number of methoxy groups -OCH3 is 4. The van der Waals surface area contributed by atoms with Gasteiger partial charge in [-0.25, -0.2) is 4.79 Å². The first-order chi connectivity index (χ1) is 19.9. The van der Waals surface area contributed by atoms with Crippen molar-refractivity contribution in [3.63, 3.8) is 0 Å². The van der Waals surface area contributed by atoms with E-state index in [1.165, 1.54) is 20.3 Å². The highest BCUT2D eigenvalue weighted by Gasteiger charge is 2.25. The largest absolute Gasteiger partial charge is 0.497 e. The third kappa shape index (κ3) is 13.0. The Labute approximate surface area is 243 Å². The molecule has 1 aromatic carbocycles. The predicted molar refractivity (Wildman–Crippen MR) is 155 cm³/mol. The standard InChI is InChI=1S/C32H44O9/c1-24-11-9-10-13-29(32(34)38-5)30(33)20-28(41-23-36-3)19-27(40-22-35-2)12-7-6-8-14-31(24)39-21-25-15-17-26(37-4)18-16-25/h6-10,13-18,24,27-28,31H,11-12,19-23H2,1-5H3/b7-6+,10-9-,14-8+,29-13+/t24-,27?,28-,31-/m1/s1. The average Bonchev–Trinajstić information content (AvgIpc) is 2.99. The molecule has 1 unspecified atom stereocenters. The molecule has 0 saturated heterocycles. The van der Waals surface area contributed by atoms with Crippen LogP contribution in [-0.2, 0) is 44.6 Å². The predicted octanol–water partition coefficient (Wildman–Crippen LogP) is 5.11. The van der Waals surface area contributed by atoms with Crippen molar-refractivity contribution in [1.82, 2.24) is 0 Å². The maximum atomic E-state index is 13.2. The number of ketones is 1. The first kappa shape index (κ1) is 34.1. The molecule has 9 nitrogen and oxygen atoms in total. The summed E-state index contributed by atoms with van der Waals surface area (Å²) < 4.78 is 38.2. The molecule has 41 heavy (non-hydrogen) atoms. The molecule has 0 heterocycles. The Bertz CT molecular complexity index is 1030. The fraction of sp³-hybridized carbons (Fsp3) is 0.500. The second-order valence-electron chi connectivity index (χ2n) is 9.64. The molecular weight excluding hydrogens is 528 g/mol. The van der Waals surface area contributed by atoms with Gasteiger partial charge in [-0.05, 0) is 42.5 Å². The average molecular weight is 573 g/mol. The number of allylic oxidation sites excluding steroid dienone is 5. The summed E-state index contributed by atoms with van der Waals surface area (Å²) >= 11 is 0. The molecule has 0 amide bonds. The molecule has 0 N–H and O–H groups in total. The van der Waals surface area contributed by atoms with E-state index in [2.05, 4.69) is 6.92 Å². The molecule has 2 rings (SSSR count). The zero-order chi connectivity index (χ0) is 29.9. The highest BCUT2D eigenvalue weighted by molar-refractivity contribution is 6.17. The highest BCUT2D eigenvalue weighted by Crippen LogP contribution is 2.20. The van der Waals surface area contributed by atoms with Crippen LogP contribution in [0.2, 0.25) is 0 Å². The molecule has 0 bridgehead atoms. The number of hydrogen-bond acceptors (Lipinski definition) is 9. The topological polar surface area (TPSA) is 98.8 Å². The van der Waals surface area contributed by atoms with Crippen LogP contribution in [0.4, 0.5) is 0 Å². The lowest BCUT2D eigenvalue weighted by atomic mass is 9.99. The van der Waals surface area contributed by atoms with Gasteiger partial charge in [0, 0.05) is 27.1 Å². The molecule has 9 heteroatoms. The number of rotatable bonds is 11. The third-order valence-electron chi connectivity index (χ3n) is 6.50. The molecule has 0 saturated carbocycles. The summed E-state index contributed by atoms with van der Waals surface area (Å²) in [6.07, 6.45) is 13.6. The van der Waals surface area contributed by atoms with Gasteiger partial charge in [0.1, 0.15) is 24.9 Å². The quantitative estimate of drug-likeness (QED) is 0.204. The van der Waals surface area contributed by atoms with Crippen molar-refractivity contribution in [3.05, 3.63) is 77.9 Å². The van der Waals surface area contributed by atoms with Crippen LogP contribution in [0.3, 0.4) is 0 Å². The van der Waals surface area contributed by atoms with Crippen LogP contribution < -0.4 is 4.74 Å². The Hall–Kier alpha value is -3.08. The Morgan fingerprint density at radius 1 is 0.854 bits per heavy atom. The Morgan fingerprint density at radius 3 is 2.20 bits per heavy atom. The normalized spacial score (nSPS) is 26.3. The van der Waals surface area contributed by atoms with Crippen LogP contribution in [0, 0.1) is 5.92 Å². The molecule has 1 aliphatic rings. The maximum Gasteiger partial charge on any atom is 0.341 e. The lowest BCUT2D eigenvalue weighted by Crippen LogP contribution is -2.28. The van der Waals surface area contributed by atoms with Gasteiger partial charge in [-0.2, -0.15) is 0 Å². The fourth-order valence-electron chi connectivity index (χ4n) is 4.16. The van der Waals surface area contributed by atoms with Crippen LogP contribution >= 0.6 is 0 Å². The smallest absolute Gasteiger partial charge is 0.341 e. The van der Waals surface area contributed by atoms with E-state index >= 15 is 0 Å². The minimum Gasteiger partial charge on any atom is -0.497 e. The van der Waals surface area contributed by atoms with Crippen molar-refractivity contribution >= 4 is 11.8 Å². The molecule has 226 valence electrons. The first-order valence-corrected chi connectivity index (χ1v) is 13.7. The lowest BCUT2D eigenvalue weighted by Gasteiger charge is -2.23. The first-order valence-electron chi connectivity index (χ1n) is 13.7. The van der Waals surface area contributed by atoms with Gasteiger partial charge in [-0.3, -0.25) is 4.79 Å². The van der Waals surface area contributed by atoms with Crippen LogP contribution in [-0.4, -0.2) is 72.1 Å². The van der Waals surface area contributed by atoms with Gasteiger partial charge in [0.05, 0.1) is 39.1 Å². The molecule has 0 fully saturated rings. The maximum absolute atomic E-state index is 13.2. The molecule has 0 aliphatic heterocycles. The minimum absolute atomic E-state index is 0.000495. The summed E-state index contributed by atoms with van der Waals surface area (Å²) in [5.74, 6) is -0.182. The van der Waals surface area contributed by atoms with Gasteiger partial charge >= 0.3 is 5.97 Å². The van der Waals surface area contributed by atoms with Crippen LogP contribution in [0.1, 0.15) is 38.2 Å². The van der Waals surface area contributed by atoms with Gasteiger partial charge in [-0.1, -0.05) is 55.5 Å². The number of benzene rings is 1. The van der Waals surface area contributed by atoms with E-state index in [-0.39, 0.29) is 49.5 Å². The number of Topliss-reactive ketones (excluding diaryl/α,β-unsaturated/α-hetero) is 1. The number of carbonyl (C=O) groups is 2. The summed E-state index contributed by atoms with van der Waals surface area (Å²) in [4.78, 5) is 25.7. The number of ether oxygens (including phenoxy) is 7. The van der Waals surface area contributed by atoms with Gasteiger partial charge in [0.15, 0.2) is 5.78 Å². The number of carbonyl (C=O) groups excluding carboxylic acids is 2. The van der Waals surface area contributed by atoms with E-state index in [0.29, 0.717) is 25.9 Å². The summed E-state index contributed by atoms with van der Waals surface area (Å²) in [6.45, 7) is 2.62. The SMILES string of the molecule is COCOC1C/C=C/C=C/[C@@H](OCc2ccc(OC)cc2)[C@H](C)C/C=C\C=C(\C(=O)OC)C(=O)C[C@H](OCOC)C1. The highest BCUT2D eigenvalue weighted by atomic mass is 16.7. The van der Waals surface area contributed by atoms with Crippen LogP contribution in [0.5, 0.6) is 5.75 Å². The van der Waals surface area contributed by atoms with Gasteiger partial charge in [0.25, 0.3) is 0 Å². The molecule has 4 atom stereocenters. The van der Waals surface area contributed by atoms with E-state index < -0.39 is 12.1 Å². The monoisotopic (exact) mass is 572 g/mol. The number of esters is 1. The van der Waals surface area contributed by atoms with Gasteiger partial charge < -0.3 is 33.2 Å². The second kappa shape index (κ2) is 19.9. The summed E-state index contributed by atoms with van der Waals surface area (Å²) in [5.41, 5.74) is 0.988. The van der Waals surface area contributed by atoms with Crippen molar-refractivity contribution in [2.75, 3.05) is 42.0 Å². The molecule has 0 spiro atoms. The van der Waals surface area contributed by atoms with Crippen LogP contribution in [0.25, 0.3) is 0 Å². The third-order valence-corrected chi connectivity index (χ3v) is 6.50. The van der Waals surface area contributed by atoms with Crippen molar-refractivity contribution in [3.8, 4) is 5.75 Å². The van der Waals surface area contributed by atoms with Crippen molar-refractivity contribution < 1.29 is 42.7 Å². The zero-order valence-corrected chi connectivity index (χ0v) is 24.8. The molecule has 0 radical (unpaired) electrons. The molecular formula is C32H44O9. The summed E-state index contributed by atoms with van der Waals surface area (Å²) in [6, 6.07) is 7.77. The number of hydrogen-bond donors (Lipinski definition) is 0. The van der Waals surface area contributed by atoms with Crippen molar-refractivity contribution in [1.29, 1.82) is 0 Å². The Morgan fingerprint density at radius 2 is 1.54 bits per heavy atom. The van der Waals surface area contributed by atoms with Gasteiger partial charge in [-0.15, -0.1) is 0 Å². The van der Waals surface area contributed by atoms with E-state index in [9.17, 15) is 9.59 Å². The zero-order valence-electron chi connectivity index (χ0n) is 24.8. The van der Waals surface area contributed by atoms with E-state index in [4.69, 9.17) is 33.2 Å².